The van der Waals surface area contributed by atoms with Crippen molar-refractivity contribution >= 4 is 43.9 Å². The minimum absolute atomic E-state index is 0.765. The summed E-state index contributed by atoms with van der Waals surface area (Å²) in [5, 5.41) is 4.10. The summed E-state index contributed by atoms with van der Waals surface area (Å²) >= 11 is 5.02. The molecule has 0 unspecified atom stereocenters. The summed E-state index contributed by atoms with van der Waals surface area (Å²) in [4.78, 5) is 16.4. The maximum absolute atomic E-state index is 5.41. The molecule has 1 saturated heterocycles. The van der Waals surface area contributed by atoms with Gasteiger partial charge in [-0.2, -0.15) is 0 Å². The highest BCUT2D eigenvalue weighted by Crippen LogP contribution is 2.31. The number of anilines is 3. The van der Waals surface area contributed by atoms with Gasteiger partial charge in [-0.3, -0.25) is 4.98 Å². The van der Waals surface area contributed by atoms with E-state index in [4.69, 9.17) is 4.74 Å². The third kappa shape index (κ3) is 3.97. The normalized spacial score (nSPS) is 14.5. The Balaban J connectivity index is 1.51. The van der Waals surface area contributed by atoms with Gasteiger partial charge in [-0.15, -0.1) is 0 Å². The molecule has 0 bridgehead atoms. The van der Waals surface area contributed by atoms with Crippen LogP contribution in [-0.2, 0) is 4.74 Å². The standard InChI is InChI=1S/C17H16BrN5OS/c18-13-7-12(9-19-10-13)15-11-21-17(25-15)22-16-8-14(1-2-20-16)23-3-5-24-6-4-23/h1-2,7-11H,3-6H2,(H,20,21,22). The van der Waals surface area contributed by atoms with E-state index in [1.807, 2.05) is 36.8 Å². The van der Waals surface area contributed by atoms with E-state index < -0.39 is 0 Å². The molecule has 6 nitrogen and oxygen atoms in total. The Bertz CT molecular complexity index is 866. The lowest BCUT2D eigenvalue weighted by molar-refractivity contribution is 0.122. The lowest BCUT2D eigenvalue weighted by atomic mass is 10.3. The topological polar surface area (TPSA) is 63.2 Å². The first-order chi connectivity index (χ1) is 12.3. The third-order valence-electron chi connectivity index (χ3n) is 3.85. The van der Waals surface area contributed by atoms with Crippen molar-refractivity contribution in [1.29, 1.82) is 0 Å². The van der Waals surface area contributed by atoms with Gasteiger partial charge < -0.3 is 15.0 Å². The van der Waals surface area contributed by atoms with E-state index >= 15 is 0 Å². The van der Waals surface area contributed by atoms with Crippen molar-refractivity contribution in [2.24, 2.45) is 0 Å². The van der Waals surface area contributed by atoms with Crippen LogP contribution in [0.5, 0.6) is 0 Å². The first kappa shape index (κ1) is 16.4. The number of pyridine rings is 2. The fourth-order valence-electron chi connectivity index (χ4n) is 2.63. The molecule has 1 aliphatic heterocycles. The Morgan fingerprint density at radius 3 is 2.84 bits per heavy atom. The molecule has 3 aromatic heterocycles. The van der Waals surface area contributed by atoms with E-state index in [1.165, 1.54) is 0 Å². The van der Waals surface area contributed by atoms with Crippen LogP contribution in [0, 0.1) is 0 Å². The van der Waals surface area contributed by atoms with Crippen LogP contribution in [0.15, 0.2) is 47.5 Å². The highest BCUT2D eigenvalue weighted by atomic mass is 79.9. The first-order valence-electron chi connectivity index (χ1n) is 7.90. The number of aromatic nitrogens is 3. The van der Waals surface area contributed by atoms with Crippen LogP contribution in [0.2, 0.25) is 0 Å². The van der Waals surface area contributed by atoms with Crippen LogP contribution in [0.25, 0.3) is 10.4 Å². The number of ether oxygens (including phenoxy) is 1. The van der Waals surface area contributed by atoms with Crippen molar-refractivity contribution in [2.75, 3.05) is 36.5 Å². The van der Waals surface area contributed by atoms with Gasteiger partial charge in [-0.25, -0.2) is 9.97 Å². The maximum atomic E-state index is 5.41. The largest absolute Gasteiger partial charge is 0.378 e. The SMILES string of the molecule is Brc1cncc(-c2cnc(Nc3cc(N4CCOCC4)ccn3)s2)c1. The molecule has 0 amide bonds. The van der Waals surface area contributed by atoms with E-state index in [0.717, 1.165) is 57.9 Å². The summed E-state index contributed by atoms with van der Waals surface area (Å²) in [6.07, 6.45) is 7.27. The smallest absolute Gasteiger partial charge is 0.188 e. The highest BCUT2D eigenvalue weighted by molar-refractivity contribution is 9.10. The number of nitrogens with zero attached hydrogens (tertiary/aromatic N) is 4. The van der Waals surface area contributed by atoms with Crippen LogP contribution in [0.3, 0.4) is 0 Å². The van der Waals surface area contributed by atoms with Crippen molar-refractivity contribution in [3.8, 4) is 10.4 Å². The molecule has 128 valence electrons. The average Bonchev–Trinajstić information content (AvgIpc) is 3.11. The third-order valence-corrected chi connectivity index (χ3v) is 5.25. The van der Waals surface area contributed by atoms with E-state index in [-0.39, 0.29) is 0 Å². The molecule has 1 N–H and O–H groups in total. The fourth-order valence-corrected chi connectivity index (χ4v) is 3.80. The Hall–Kier alpha value is -2.03. The van der Waals surface area contributed by atoms with Crippen LogP contribution >= 0.6 is 27.3 Å². The van der Waals surface area contributed by atoms with Gasteiger partial charge in [0.15, 0.2) is 5.13 Å². The number of hydrogen-bond acceptors (Lipinski definition) is 7. The summed E-state index contributed by atoms with van der Waals surface area (Å²) in [6.45, 7) is 3.34. The number of morpholine rings is 1. The number of rotatable bonds is 4. The zero-order valence-corrected chi connectivity index (χ0v) is 15.8. The van der Waals surface area contributed by atoms with Gasteiger partial charge in [0.05, 0.1) is 18.1 Å². The summed E-state index contributed by atoms with van der Waals surface area (Å²) in [5.74, 6) is 0.789. The maximum Gasteiger partial charge on any atom is 0.188 e. The molecule has 0 saturated carbocycles. The molecule has 0 radical (unpaired) electrons. The zero-order valence-electron chi connectivity index (χ0n) is 13.4. The number of thiazole rings is 1. The lowest BCUT2D eigenvalue weighted by Crippen LogP contribution is -2.36. The molecule has 0 atom stereocenters. The molecule has 1 fully saturated rings. The lowest BCUT2D eigenvalue weighted by Gasteiger charge is -2.28. The molecule has 4 rings (SSSR count). The van der Waals surface area contributed by atoms with E-state index in [2.05, 4.69) is 41.1 Å². The monoisotopic (exact) mass is 417 g/mol. The van der Waals surface area contributed by atoms with Crippen LogP contribution in [-0.4, -0.2) is 41.3 Å². The Labute approximate surface area is 158 Å². The van der Waals surface area contributed by atoms with Crippen molar-refractivity contribution in [3.05, 3.63) is 47.5 Å². The second-order valence-corrected chi connectivity index (χ2v) is 7.49. The molecule has 1 aliphatic rings. The fraction of sp³-hybridized carbons (Fsp3) is 0.235. The minimum Gasteiger partial charge on any atom is -0.378 e. The van der Waals surface area contributed by atoms with Gasteiger partial charge in [0, 0.05) is 59.7 Å². The van der Waals surface area contributed by atoms with Gasteiger partial charge >= 0.3 is 0 Å². The predicted molar refractivity (Wildman–Crippen MR) is 104 cm³/mol. The van der Waals surface area contributed by atoms with Gasteiger partial charge in [0.25, 0.3) is 0 Å². The summed E-state index contributed by atoms with van der Waals surface area (Å²) in [7, 11) is 0. The van der Waals surface area contributed by atoms with Gasteiger partial charge in [-0.1, -0.05) is 11.3 Å². The van der Waals surface area contributed by atoms with Crippen LogP contribution in [0.1, 0.15) is 0 Å². The Morgan fingerprint density at radius 1 is 1.12 bits per heavy atom. The van der Waals surface area contributed by atoms with E-state index in [9.17, 15) is 0 Å². The molecular formula is C17H16BrN5OS. The van der Waals surface area contributed by atoms with Crippen molar-refractivity contribution in [1.82, 2.24) is 15.0 Å². The Morgan fingerprint density at radius 2 is 2.00 bits per heavy atom. The Kier molecular flexibility index (Phi) is 4.91. The van der Waals surface area contributed by atoms with Gasteiger partial charge in [-0.05, 0) is 28.1 Å². The number of nitrogens with one attached hydrogen (secondary N) is 1. The minimum atomic E-state index is 0.765. The van der Waals surface area contributed by atoms with Crippen LogP contribution < -0.4 is 10.2 Å². The van der Waals surface area contributed by atoms with E-state index in [1.54, 1.807) is 17.5 Å². The average molecular weight is 418 g/mol. The van der Waals surface area contributed by atoms with E-state index in [0.29, 0.717) is 0 Å². The van der Waals surface area contributed by atoms with Gasteiger partial charge in [0.1, 0.15) is 5.82 Å². The highest BCUT2D eigenvalue weighted by Gasteiger charge is 2.12. The van der Waals surface area contributed by atoms with Crippen molar-refractivity contribution < 1.29 is 4.74 Å². The van der Waals surface area contributed by atoms with Gasteiger partial charge in [0.2, 0.25) is 0 Å². The molecule has 3 aromatic rings. The number of hydrogen-bond donors (Lipinski definition) is 1. The molecule has 0 aliphatic carbocycles. The second kappa shape index (κ2) is 7.47. The second-order valence-electron chi connectivity index (χ2n) is 5.55. The van der Waals surface area contributed by atoms with Crippen LogP contribution in [0.4, 0.5) is 16.6 Å². The predicted octanol–water partition coefficient (Wildman–Crippen LogP) is 3.94. The summed E-state index contributed by atoms with van der Waals surface area (Å²) in [5.41, 5.74) is 2.18. The zero-order chi connectivity index (χ0) is 17.1. The molecule has 25 heavy (non-hydrogen) atoms. The number of halogens is 1. The molecule has 0 spiro atoms. The summed E-state index contributed by atoms with van der Waals surface area (Å²) < 4.78 is 6.36. The van der Waals surface area contributed by atoms with Crippen molar-refractivity contribution in [3.63, 3.8) is 0 Å². The van der Waals surface area contributed by atoms with Crippen molar-refractivity contribution in [2.45, 2.75) is 0 Å². The molecule has 4 heterocycles. The molecular weight excluding hydrogens is 402 g/mol. The summed E-state index contributed by atoms with van der Waals surface area (Å²) in [6, 6.07) is 6.10. The quantitative estimate of drug-likeness (QED) is 0.693. The molecule has 0 aromatic carbocycles. The molecule has 8 heteroatoms. The first-order valence-corrected chi connectivity index (χ1v) is 9.51.